The van der Waals surface area contributed by atoms with E-state index in [0.29, 0.717) is 0 Å². The topological polar surface area (TPSA) is 33.0 Å². The molecule has 0 radical (unpaired) electrons. The molecule has 0 spiro atoms. The fourth-order valence-electron chi connectivity index (χ4n) is 3.16. The van der Waals surface area contributed by atoms with Crippen LogP contribution in [0.15, 0.2) is 30.7 Å². The van der Waals surface area contributed by atoms with Gasteiger partial charge in [0.25, 0.3) is 0 Å². The van der Waals surface area contributed by atoms with Gasteiger partial charge in [-0.15, -0.1) is 0 Å². The molecule has 1 N–H and O–H groups in total. The highest BCUT2D eigenvalue weighted by Gasteiger charge is 2.16. The molecule has 1 aliphatic rings. The van der Waals surface area contributed by atoms with Crippen LogP contribution in [0, 0.1) is 12.5 Å². The third-order valence-corrected chi connectivity index (χ3v) is 4.19. The highest BCUT2D eigenvalue weighted by molar-refractivity contribution is 5.80. The minimum Gasteiger partial charge on any atom is -0.346 e. The number of nitrogens with one attached hydrogen (secondary N) is 1. The Morgan fingerprint density at radius 2 is 2.25 bits per heavy atom. The van der Waals surface area contributed by atoms with Crippen LogP contribution in [0.5, 0.6) is 0 Å². The van der Waals surface area contributed by atoms with Gasteiger partial charge in [0.15, 0.2) is 6.20 Å². The second kappa shape index (κ2) is 5.92. The molecule has 20 heavy (non-hydrogen) atoms. The summed E-state index contributed by atoms with van der Waals surface area (Å²) >= 11 is 0. The van der Waals surface area contributed by atoms with Gasteiger partial charge in [-0.25, -0.2) is 9.83 Å². The first-order valence-corrected chi connectivity index (χ1v) is 7.33. The van der Waals surface area contributed by atoms with E-state index in [1.807, 2.05) is 18.5 Å². The maximum absolute atomic E-state index is 6.77. The van der Waals surface area contributed by atoms with E-state index < -0.39 is 0 Å². The van der Waals surface area contributed by atoms with Gasteiger partial charge in [0.1, 0.15) is 5.65 Å². The molecule has 0 amide bonds. The zero-order valence-electron chi connectivity index (χ0n) is 11.6. The number of pyridine rings is 1. The van der Waals surface area contributed by atoms with E-state index in [2.05, 4.69) is 20.9 Å². The molecule has 2 aromatic rings. The van der Waals surface area contributed by atoms with Crippen LogP contribution in [0.3, 0.4) is 0 Å². The smallest absolute Gasteiger partial charge is 0.150 e. The highest BCUT2D eigenvalue weighted by atomic mass is 14.8. The molecule has 3 heteroatoms. The maximum atomic E-state index is 6.77. The lowest BCUT2D eigenvalue weighted by molar-refractivity contribution is 0.546. The van der Waals surface area contributed by atoms with Crippen LogP contribution in [-0.2, 0) is 12.8 Å². The molecule has 3 rings (SSSR count). The quantitative estimate of drug-likeness (QED) is 0.823. The summed E-state index contributed by atoms with van der Waals surface area (Å²) in [5, 5.41) is 1.20. The van der Waals surface area contributed by atoms with Gasteiger partial charge in [-0.2, -0.15) is 0 Å². The summed E-state index contributed by atoms with van der Waals surface area (Å²) in [7, 11) is 0. The molecule has 0 bridgehead atoms. The lowest BCUT2D eigenvalue weighted by atomic mass is 9.98. The number of rotatable bonds is 4. The van der Waals surface area contributed by atoms with E-state index in [1.54, 1.807) is 0 Å². The maximum Gasteiger partial charge on any atom is 0.150 e. The number of fused-ring (bicyclic) bond motifs is 1. The van der Waals surface area contributed by atoms with Crippen molar-refractivity contribution < 1.29 is 0 Å². The SMILES string of the molecule is [C-]#[N+]/C=C\Cc1c[nH]c2ncc(CC3CCCC3)cc12. The number of hydrogen-bond donors (Lipinski definition) is 1. The van der Waals surface area contributed by atoms with Crippen LogP contribution >= 0.6 is 0 Å². The molecule has 0 unspecified atom stereocenters. The summed E-state index contributed by atoms with van der Waals surface area (Å²) in [4.78, 5) is 11.0. The Morgan fingerprint density at radius 1 is 1.40 bits per heavy atom. The molecule has 2 heterocycles. The van der Waals surface area contributed by atoms with E-state index >= 15 is 0 Å². The van der Waals surface area contributed by atoms with Crippen molar-refractivity contribution in [2.45, 2.75) is 38.5 Å². The fraction of sp³-hybridized carbons (Fsp3) is 0.412. The largest absolute Gasteiger partial charge is 0.346 e. The van der Waals surface area contributed by atoms with Gasteiger partial charge >= 0.3 is 0 Å². The minimum atomic E-state index is 0.789. The number of H-pyrrole nitrogens is 1. The Labute approximate surface area is 119 Å². The van der Waals surface area contributed by atoms with Crippen LogP contribution in [-0.4, -0.2) is 9.97 Å². The van der Waals surface area contributed by atoms with Crippen molar-refractivity contribution >= 4 is 11.0 Å². The van der Waals surface area contributed by atoms with Crippen LogP contribution < -0.4 is 0 Å². The first-order valence-electron chi connectivity index (χ1n) is 7.33. The van der Waals surface area contributed by atoms with Gasteiger partial charge in [0, 0.05) is 17.8 Å². The molecule has 1 saturated carbocycles. The third kappa shape index (κ3) is 2.75. The van der Waals surface area contributed by atoms with Gasteiger partial charge in [-0.1, -0.05) is 31.8 Å². The molecule has 0 aromatic carbocycles. The first-order chi connectivity index (χ1) is 9.86. The molecular weight excluding hydrogens is 246 g/mol. The average molecular weight is 265 g/mol. The number of aromatic nitrogens is 2. The Balaban J connectivity index is 1.82. The van der Waals surface area contributed by atoms with E-state index in [1.165, 1.54) is 48.4 Å². The standard InChI is InChI=1S/C17H19N3/c1-18-8-4-7-15-12-20-17-16(15)10-14(11-19-17)9-13-5-2-3-6-13/h4,8,10-13H,2-3,5-7,9H2,(H,19,20)/b8-4-. The zero-order chi connectivity index (χ0) is 13.8. The van der Waals surface area contributed by atoms with Gasteiger partial charge in [0.05, 0.1) is 6.57 Å². The van der Waals surface area contributed by atoms with E-state index in [4.69, 9.17) is 6.57 Å². The highest BCUT2D eigenvalue weighted by Crippen LogP contribution is 2.29. The Kier molecular flexibility index (Phi) is 3.83. The normalized spacial score (nSPS) is 16.1. The van der Waals surface area contributed by atoms with E-state index in [9.17, 15) is 0 Å². The number of allylic oxidation sites excluding steroid dienone is 1. The number of aromatic amines is 1. The second-order valence-corrected chi connectivity index (χ2v) is 5.63. The summed E-state index contributed by atoms with van der Waals surface area (Å²) in [6.45, 7) is 6.77. The van der Waals surface area contributed by atoms with Gasteiger partial charge < -0.3 is 4.98 Å². The van der Waals surface area contributed by atoms with Crippen molar-refractivity contribution in [3.05, 3.63) is 53.3 Å². The van der Waals surface area contributed by atoms with Crippen LogP contribution in [0.4, 0.5) is 0 Å². The van der Waals surface area contributed by atoms with E-state index in [-0.39, 0.29) is 0 Å². The van der Waals surface area contributed by atoms with Gasteiger partial charge in [0.2, 0.25) is 0 Å². The molecule has 1 fully saturated rings. The lowest BCUT2D eigenvalue weighted by Crippen LogP contribution is -1.99. The minimum absolute atomic E-state index is 0.789. The predicted molar refractivity (Wildman–Crippen MR) is 81.2 cm³/mol. The number of hydrogen-bond acceptors (Lipinski definition) is 1. The summed E-state index contributed by atoms with van der Waals surface area (Å²) in [5.74, 6) is 0.846. The second-order valence-electron chi connectivity index (χ2n) is 5.63. The monoisotopic (exact) mass is 265 g/mol. The van der Waals surface area contributed by atoms with Crippen molar-refractivity contribution in [1.29, 1.82) is 0 Å². The average Bonchev–Trinajstić information content (AvgIpc) is 3.09. The summed E-state index contributed by atoms with van der Waals surface area (Å²) in [5.41, 5.74) is 3.52. The van der Waals surface area contributed by atoms with Crippen molar-refractivity contribution in [1.82, 2.24) is 9.97 Å². The molecule has 3 nitrogen and oxygen atoms in total. The summed E-state index contributed by atoms with van der Waals surface area (Å²) in [6, 6.07) is 2.28. The zero-order valence-corrected chi connectivity index (χ0v) is 11.6. The molecule has 102 valence electrons. The molecule has 0 atom stereocenters. The molecular formula is C17H19N3. The molecule has 1 aliphatic carbocycles. The van der Waals surface area contributed by atoms with Gasteiger partial charge in [-0.05, 0) is 36.0 Å². The Bertz CT molecular complexity index is 654. The lowest BCUT2D eigenvalue weighted by Gasteiger charge is -2.08. The van der Waals surface area contributed by atoms with E-state index in [0.717, 1.165) is 24.4 Å². The molecule has 0 saturated heterocycles. The van der Waals surface area contributed by atoms with Crippen LogP contribution in [0.2, 0.25) is 0 Å². The van der Waals surface area contributed by atoms with Crippen LogP contribution in [0.1, 0.15) is 36.8 Å². The fourth-order valence-corrected chi connectivity index (χ4v) is 3.16. The Hall–Kier alpha value is -2.08. The van der Waals surface area contributed by atoms with Crippen molar-refractivity contribution in [3.8, 4) is 0 Å². The first kappa shape index (κ1) is 12.9. The third-order valence-electron chi connectivity index (χ3n) is 4.19. The van der Waals surface area contributed by atoms with Crippen molar-refractivity contribution in [3.63, 3.8) is 0 Å². The van der Waals surface area contributed by atoms with Crippen LogP contribution in [0.25, 0.3) is 15.9 Å². The van der Waals surface area contributed by atoms with Crippen molar-refractivity contribution in [2.75, 3.05) is 0 Å². The Morgan fingerprint density at radius 3 is 3.05 bits per heavy atom. The summed E-state index contributed by atoms with van der Waals surface area (Å²) in [6.07, 6.45) is 14.9. The summed E-state index contributed by atoms with van der Waals surface area (Å²) < 4.78 is 0. The predicted octanol–water partition coefficient (Wildman–Crippen LogP) is 4.27. The number of nitrogens with zero attached hydrogens (tertiary/aromatic N) is 2. The molecule has 0 aliphatic heterocycles. The molecule has 2 aromatic heterocycles. The van der Waals surface area contributed by atoms with Crippen molar-refractivity contribution in [2.24, 2.45) is 5.92 Å². The van der Waals surface area contributed by atoms with Gasteiger partial charge in [-0.3, -0.25) is 0 Å².